The Bertz CT molecular complexity index is 2710. The number of furan rings is 1. The summed E-state index contributed by atoms with van der Waals surface area (Å²) in [5.41, 5.74) is 17.0. The molecule has 0 amide bonds. The van der Waals surface area contributed by atoms with Crippen molar-refractivity contribution >= 4 is 32.7 Å². The van der Waals surface area contributed by atoms with Gasteiger partial charge in [0.2, 0.25) is 0 Å². The predicted octanol–water partition coefficient (Wildman–Crippen LogP) is 13.9. The number of hydrogen-bond donors (Lipinski definition) is 0. The fraction of sp³-hybridized carbons (Fsp3) is 0.288. The van der Waals surface area contributed by atoms with Crippen molar-refractivity contribution in [2.24, 2.45) is 10.8 Å². The molecule has 8 aromatic rings. The van der Waals surface area contributed by atoms with Crippen LogP contribution in [0.4, 0.5) is 0 Å². The molecule has 0 fully saturated rings. The van der Waals surface area contributed by atoms with Gasteiger partial charge in [0.25, 0.3) is 0 Å². The van der Waals surface area contributed by atoms with Crippen LogP contribution in [0.3, 0.4) is 0 Å². The average Bonchev–Trinajstić information content (AvgIpc) is 3.52. The molecule has 4 aromatic heterocycles. The second kappa shape index (κ2) is 16.5. The van der Waals surface area contributed by atoms with E-state index in [0.29, 0.717) is 5.41 Å². The molecule has 0 saturated carbocycles. The Morgan fingerprint density at radius 1 is 0.596 bits per heavy atom. The first-order valence-corrected chi connectivity index (χ1v) is 19.7. The van der Waals surface area contributed by atoms with Crippen LogP contribution in [0.25, 0.3) is 66.4 Å². The van der Waals surface area contributed by atoms with Crippen molar-refractivity contribution < 1.29 is 24.5 Å². The third-order valence-electron chi connectivity index (χ3n) is 10.3. The summed E-state index contributed by atoms with van der Waals surface area (Å²) in [7, 11) is 0. The van der Waals surface area contributed by atoms with Gasteiger partial charge in [0.15, 0.2) is 0 Å². The number of benzene rings is 4. The molecule has 0 N–H and O–H groups in total. The minimum Gasteiger partial charge on any atom is -0.500 e. The van der Waals surface area contributed by atoms with E-state index >= 15 is 0 Å². The van der Waals surface area contributed by atoms with Gasteiger partial charge in [0, 0.05) is 60.0 Å². The zero-order valence-corrected chi connectivity index (χ0v) is 37.6. The normalized spacial score (nSPS) is 11.8. The van der Waals surface area contributed by atoms with Crippen LogP contribution in [0.15, 0.2) is 102 Å². The molecular formula is C52H53IrN3O-2. The van der Waals surface area contributed by atoms with Crippen molar-refractivity contribution in [2.75, 3.05) is 0 Å². The van der Waals surface area contributed by atoms with Crippen molar-refractivity contribution in [3.63, 3.8) is 0 Å². The van der Waals surface area contributed by atoms with E-state index in [1.165, 1.54) is 38.9 Å². The van der Waals surface area contributed by atoms with Gasteiger partial charge in [0.1, 0.15) is 5.58 Å². The molecule has 0 unspecified atom stereocenters. The molecule has 0 aliphatic rings. The molecule has 57 heavy (non-hydrogen) atoms. The van der Waals surface area contributed by atoms with Crippen molar-refractivity contribution in [3.8, 4) is 33.6 Å². The van der Waals surface area contributed by atoms with Crippen LogP contribution < -0.4 is 0 Å². The topological polar surface area (TPSA) is 51.8 Å². The summed E-state index contributed by atoms with van der Waals surface area (Å²) in [6.07, 6.45) is 5.92. The quantitative estimate of drug-likeness (QED) is 0.161. The number of aryl methyl sites for hydroxylation is 5. The molecule has 4 heterocycles. The van der Waals surface area contributed by atoms with Crippen molar-refractivity contribution in [1.29, 1.82) is 0 Å². The second-order valence-corrected chi connectivity index (χ2v) is 17.9. The zero-order chi connectivity index (χ0) is 39.9. The van der Waals surface area contributed by atoms with Crippen LogP contribution >= 0.6 is 0 Å². The summed E-state index contributed by atoms with van der Waals surface area (Å²) in [6.45, 7) is 24.0. The molecule has 0 aliphatic heterocycles. The van der Waals surface area contributed by atoms with Gasteiger partial charge in [-0.05, 0) is 91.6 Å². The Balaban J connectivity index is 0.000000192. The van der Waals surface area contributed by atoms with Gasteiger partial charge in [-0.2, -0.15) is 0 Å². The molecule has 5 heteroatoms. The fourth-order valence-electron chi connectivity index (χ4n) is 7.58. The predicted molar refractivity (Wildman–Crippen MR) is 235 cm³/mol. The van der Waals surface area contributed by atoms with E-state index in [0.717, 1.165) is 79.5 Å². The van der Waals surface area contributed by atoms with Crippen LogP contribution in [0, 0.1) is 57.6 Å². The third-order valence-corrected chi connectivity index (χ3v) is 10.3. The minimum absolute atomic E-state index is 0. The van der Waals surface area contributed by atoms with Gasteiger partial charge in [-0.3, -0.25) is 4.98 Å². The minimum atomic E-state index is 0. The Labute approximate surface area is 352 Å². The van der Waals surface area contributed by atoms with E-state index in [4.69, 9.17) is 4.42 Å². The number of rotatable bonds is 5. The van der Waals surface area contributed by atoms with Gasteiger partial charge < -0.3 is 14.4 Å². The Morgan fingerprint density at radius 3 is 1.98 bits per heavy atom. The maximum absolute atomic E-state index is 6.50. The molecule has 4 nitrogen and oxygen atoms in total. The van der Waals surface area contributed by atoms with Crippen molar-refractivity contribution in [3.05, 3.63) is 149 Å². The number of nitrogens with zero attached hydrogens (tertiary/aromatic N) is 3. The van der Waals surface area contributed by atoms with E-state index in [9.17, 15) is 0 Å². The van der Waals surface area contributed by atoms with Crippen LogP contribution in [0.2, 0.25) is 0 Å². The first-order valence-electron chi connectivity index (χ1n) is 19.7. The summed E-state index contributed by atoms with van der Waals surface area (Å²) >= 11 is 0. The molecule has 0 aliphatic carbocycles. The van der Waals surface area contributed by atoms with Crippen molar-refractivity contribution in [1.82, 2.24) is 15.0 Å². The Hall–Kier alpha value is -4.96. The number of fused-ring (bicyclic) bond motifs is 5. The van der Waals surface area contributed by atoms with E-state index < -0.39 is 0 Å². The maximum Gasteiger partial charge on any atom is 0.128 e. The van der Waals surface area contributed by atoms with E-state index in [1.807, 2.05) is 32.3 Å². The molecule has 0 spiro atoms. The monoisotopic (exact) mass is 928 g/mol. The molecule has 293 valence electrons. The zero-order valence-electron chi connectivity index (χ0n) is 35.2. The molecule has 0 bridgehead atoms. The summed E-state index contributed by atoms with van der Waals surface area (Å²) < 4.78 is 6.50. The molecular weight excluding hydrogens is 875 g/mol. The van der Waals surface area contributed by atoms with Gasteiger partial charge in [0.05, 0.1) is 5.58 Å². The van der Waals surface area contributed by atoms with Crippen LogP contribution in [-0.4, -0.2) is 15.0 Å². The first-order chi connectivity index (χ1) is 26.5. The first kappa shape index (κ1) is 41.7. The average molecular weight is 928 g/mol. The van der Waals surface area contributed by atoms with E-state index in [1.54, 1.807) is 0 Å². The summed E-state index contributed by atoms with van der Waals surface area (Å²) in [6, 6.07) is 36.9. The SMILES string of the molecule is Cc1cc2c(ccc3c4cc[c-]c(-c5cc(CC(C)(C)C)ccn5)c4oc23)c(C)n1.Cc1cnc(-c2[c-]cc(C)c(-c3ccc(CC(C)(C)C)cc3)c2)cc1C.[Ir]. The summed E-state index contributed by atoms with van der Waals surface area (Å²) in [5.74, 6) is 0. The third kappa shape index (κ3) is 9.44. The van der Waals surface area contributed by atoms with Crippen LogP contribution in [0.1, 0.15) is 80.7 Å². The van der Waals surface area contributed by atoms with Crippen LogP contribution in [-0.2, 0) is 32.9 Å². The molecule has 0 atom stereocenters. The smallest absolute Gasteiger partial charge is 0.128 e. The molecule has 0 saturated heterocycles. The van der Waals surface area contributed by atoms with Crippen LogP contribution in [0.5, 0.6) is 0 Å². The molecule has 1 radical (unpaired) electrons. The summed E-state index contributed by atoms with van der Waals surface area (Å²) in [4.78, 5) is 13.9. The Kier molecular flexibility index (Phi) is 12.1. The number of pyridine rings is 3. The van der Waals surface area contributed by atoms with Gasteiger partial charge in [-0.25, -0.2) is 0 Å². The number of hydrogen-bond acceptors (Lipinski definition) is 4. The van der Waals surface area contributed by atoms with E-state index in [-0.39, 0.29) is 25.5 Å². The maximum atomic E-state index is 6.50. The van der Waals surface area contributed by atoms with E-state index in [2.05, 4.69) is 168 Å². The van der Waals surface area contributed by atoms with Gasteiger partial charge in [-0.15, -0.1) is 47.5 Å². The van der Waals surface area contributed by atoms with Gasteiger partial charge >= 0.3 is 0 Å². The fourth-order valence-corrected chi connectivity index (χ4v) is 7.58. The molecule has 8 rings (SSSR count). The number of aromatic nitrogens is 3. The standard InChI is InChI=1S/C27H25N2O.C25H28N.Ir/c1-16-13-23-19(17(2)29-16)9-10-21-20-7-6-8-22(25(20)30-26(21)23)24-14-18(11-12-28-24)15-27(3,4)5;1-17-7-10-22(24-13-18(2)19(3)16-26-24)14-23(17)21-11-8-20(9-12-21)15-25(4,5)6;/h6-7,9-14H,15H2,1-5H3;7-9,11-14,16H,15H2,1-6H3;/q2*-1;. The van der Waals surface area contributed by atoms with Crippen molar-refractivity contribution in [2.45, 2.75) is 89.0 Å². The van der Waals surface area contributed by atoms with Gasteiger partial charge in [-0.1, -0.05) is 125 Å². The molecule has 4 aromatic carbocycles. The largest absolute Gasteiger partial charge is 0.500 e. The Morgan fingerprint density at radius 2 is 1.28 bits per heavy atom. The summed E-state index contributed by atoms with van der Waals surface area (Å²) in [5, 5.41) is 4.44. The second-order valence-electron chi connectivity index (χ2n) is 17.9.